The van der Waals surface area contributed by atoms with E-state index in [4.69, 9.17) is 0 Å². The molecule has 0 aromatic rings. The SMILES string of the molecule is CCNCCCCS(=O)(=O)NCC1CC2CCC1C2. The quantitative estimate of drug-likeness (QED) is 0.635. The zero-order chi connectivity index (χ0) is 13.7. The first-order valence-corrected chi connectivity index (χ1v) is 9.44. The number of hydrogen-bond acceptors (Lipinski definition) is 3. The summed E-state index contributed by atoms with van der Waals surface area (Å²) < 4.78 is 26.6. The molecule has 2 aliphatic rings. The molecule has 0 heterocycles. The molecule has 2 N–H and O–H groups in total. The molecule has 4 nitrogen and oxygen atoms in total. The first kappa shape index (κ1) is 15.3. The highest BCUT2D eigenvalue weighted by molar-refractivity contribution is 7.89. The standard InChI is InChI=1S/C14H28N2O2S/c1-2-15-7-3-4-8-19(17,18)16-11-14-10-12-5-6-13(14)9-12/h12-16H,2-11H2,1H3. The fourth-order valence-electron chi connectivity index (χ4n) is 3.65. The molecule has 3 atom stereocenters. The summed E-state index contributed by atoms with van der Waals surface area (Å²) in [5.41, 5.74) is 0. The van der Waals surface area contributed by atoms with E-state index < -0.39 is 10.0 Å². The van der Waals surface area contributed by atoms with Crippen molar-refractivity contribution >= 4 is 10.0 Å². The van der Waals surface area contributed by atoms with Crippen molar-refractivity contribution in [3.63, 3.8) is 0 Å². The highest BCUT2D eigenvalue weighted by Crippen LogP contribution is 2.47. The zero-order valence-electron chi connectivity index (χ0n) is 12.0. The van der Waals surface area contributed by atoms with Gasteiger partial charge in [0, 0.05) is 6.54 Å². The van der Waals surface area contributed by atoms with Crippen molar-refractivity contribution in [2.45, 2.75) is 45.4 Å². The van der Waals surface area contributed by atoms with Gasteiger partial charge in [-0.05, 0) is 62.9 Å². The van der Waals surface area contributed by atoms with Crippen LogP contribution in [0.2, 0.25) is 0 Å². The van der Waals surface area contributed by atoms with Gasteiger partial charge >= 0.3 is 0 Å². The number of fused-ring (bicyclic) bond motifs is 2. The van der Waals surface area contributed by atoms with Crippen molar-refractivity contribution < 1.29 is 8.42 Å². The van der Waals surface area contributed by atoms with Crippen molar-refractivity contribution in [3.05, 3.63) is 0 Å². The molecule has 2 rings (SSSR count). The maximum absolute atomic E-state index is 11.9. The second kappa shape index (κ2) is 7.04. The monoisotopic (exact) mass is 288 g/mol. The number of nitrogens with one attached hydrogen (secondary N) is 2. The molecule has 2 bridgehead atoms. The summed E-state index contributed by atoms with van der Waals surface area (Å²) in [6.45, 7) is 4.61. The van der Waals surface area contributed by atoms with Crippen LogP contribution in [0.1, 0.15) is 45.4 Å². The third-order valence-corrected chi connectivity index (χ3v) is 6.15. The van der Waals surface area contributed by atoms with E-state index >= 15 is 0 Å². The molecule has 0 saturated heterocycles. The van der Waals surface area contributed by atoms with Crippen molar-refractivity contribution in [1.29, 1.82) is 0 Å². The van der Waals surface area contributed by atoms with Crippen molar-refractivity contribution in [1.82, 2.24) is 10.0 Å². The minimum atomic E-state index is -3.05. The predicted octanol–water partition coefficient (Wildman–Crippen LogP) is 1.73. The van der Waals surface area contributed by atoms with Crippen LogP contribution in [0, 0.1) is 17.8 Å². The summed E-state index contributed by atoms with van der Waals surface area (Å²) in [5.74, 6) is 2.57. The molecule has 0 spiro atoms. The fourth-order valence-corrected chi connectivity index (χ4v) is 4.85. The normalized spacial score (nSPS) is 30.1. The summed E-state index contributed by atoms with van der Waals surface area (Å²) in [5, 5.41) is 3.21. The van der Waals surface area contributed by atoms with E-state index in [1.807, 2.05) is 0 Å². The van der Waals surface area contributed by atoms with E-state index in [0.29, 0.717) is 12.5 Å². The van der Waals surface area contributed by atoms with Crippen LogP contribution in [0.3, 0.4) is 0 Å². The summed E-state index contributed by atoms with van der Waals surface area (Å²) in [6, 6.07) is 0. The van der Waals surface area contributed by atoms with Crippen LogP contribution in [-0.4, -0.2) is 33.8 Å². The van der Waals surface area contributed by atoms with Crippen molar-refractivity contribution in [3.8, 4) is 0 Å². The lowest BCUT2D eigenvalue weighted by Crippen LogP contribution is -2.33. The molecule has 3 unspecified atom stereocenters. The minimum Gasteiger partial charge on any atom is -0.317 e. The molecule has 112 valence electrons. The van der Waals surface area contributed by atoms with E-state index in [9.17, 15) is 8.42 Å². The second-order valence-electron chi connectivity index (χ2n) is 6.16. The third-order valence-electron chi connectivity index (χ3n) is 4.72. The number of sulfonamides is 1. The Bertz CT molecular complexity index is 370. The Hall–Kier alpha value is -0.130. The van der Waals surface area contributed by atoms with Gasteiger partial charge in [0.25, 0.3) is 0 Å². The maximum Gasteiger partial charge on any atom is 0.211 e. The summed E-state index contributed by atoms with van der Waals surface area (Å²) >= 11 is 0. The highest BCUT2D eigenvalue weighted by Gasteiger charge is 2.39. The van der Waals surface area contributed by atoms with Crippen molar-refractivity contribution in [2.24, 2.45) is 17.8 Å². The van der Waals surface area contributed by atoms with Crippen LogP contribution in [0.15, 0.2) is 0 Å². The molecule has 0 amide bonds. The predicted molar refractivity (Wildman–Crippen MR) is 78.5 cm³/mol. The first-order valence-electron chi connectivity index (χ1n) is 7.78. The van der Waals surface area contributed by atoms with E-state index in [0.717, 1.165) is 37.8 Å². The first-order chi connectivity index (χ1) is 9.11. The van der Waals surface area contributed by atoms with Crippen LogP contribution >= 0.6 is 0 Å². The second-order valence-corrected chi connectivity index (χ2v) is 8.09. The van der Waals surface area contributed by atoms with Crippen molar-refractivity contribution in [2.75, 3.05) is 25.4 Å². The van der Waals surface area contributed by atoms with Crippen LogP contribution in [0.4, 0.5) is 0 Å². The summed E-state index contributed by atoms with van der Waals surface area (Å²) in [7, 11) is -3.05. The average molecular weight is 288 g/mol. The van der Waals surface area contributed by atoms with Gasteiger partial charge in [0.1, 0.15) is 0 Å². The smallest absolute Gasteiger partial charge is 0.211 e. The largest absolute Gasteiger partial charge is 0.317 e. The van der Waals surface area contributed by atoms with Gasteiger partial charge < -0.3 is 5.32 Å². The number of rotatable bonds is 9. The van der Waals surface area contributed by atoms with Gasteiger partial charge in [0.15, 0.2) is 0 Å². The maximum atomic E-state index is 11.9. The summed E-state index contributed by atoms with van der Waals surface area (Å²) in [4.78, 5) is 0. The van der Waals surface area contributed by atoms with Crippen LogP contribution < -0.4 is 10.0 Å². The Morgan fingerprint density at radius 3 is 2.63 bits per heavy atom. The van der Waals surface area contributed by atoms with Gasteiger partial charge in [-0.3, -0.25) is 0 Å². The van der Waals surface area contributed by atoms with Gasteiger partial charge in [0.2, 0.25) is 10.0 Å². The molecule has 0 radical (unpaired) electrons. The Balaban J connectivity index is 1.61. The molecular weight excluding hydrogens is 260 g/mol. The third kappa shape index (κ3) is 4.72. The molecular formula is C14H28N2O2S. The molecule has 0 aromatic heterocycles. The van der Waals surface area contributed by atoms with Gasteiger partial charge in [-0.25, -0.2) is 13.1 Å². The Morgan fingerprint density at radius 2 is 2.00 bits per heavy atom. The number of unbranched alkanes of at least 4 members (excludes halogenated alkanes) is 1. The van der Waals surface area contributed by atoms with E-state index in [2.05, 4.69) is 17.0 Å². The summed E-state index contributed by atoms with van der Waals surface area (Å²) in [6.07, 6.45) is 6.96. The molecule has 2 saturated carbocycles. The molecule has 2 fully saturated rings. The lowest BCUT2D eigenvalue weighted by atomic mass is 9.89. The topological polar surface area (TPSA) is 58.2 Å². The molecule has 5 heteroatoms. The van der Waals surface area contributed by atoms with E-state index in [1.54, 1.807) is 0 Å². The van der Waals surface area contributed by atoms with Gasteiger partial charge in [0.05, 0.1) is 5.75 Å². The lowest BCUT2D eigenvalue weighted by molar-refractivity contribution is 0.332. The molecule has 0 aromatic carbocycles. The molecule has 2 aliphatic carbocycles. The fraction of sp³-hybridized carbons (Fsp3) is 1.00. The van der Waals surface area contributed by atoms with Crippen LogP contribution in [-0.2, 0) is 10.0 Å². The number of hydrogen-bond donors (Lipinski definition) is 2. The van der Waals surface area contributed by atoms with E-state index in [1.165, 1.54) is 25.7 Å². The van der Waals surface area contributed by atoms with Crippen LogP contribution in [0.25, 0.3) is 0 Å². The average Bonchev–Trinajstić information content (AvgIpc) is 2.98. The molecule has 0 aliphatic heterocycles. The van der Waals surface area contributed by atoms with Gasteiger partial charge in [-0.2, -0.15) is 0 Å². The highest BCUT2D eigenvalue weighted by atomic mass is 32.2. The van der Waals surface area contributed by atoms with E-state index in [-0.39, 0.29) is 5.75 Å². The zero-order valence-corrected chi connectivity index (χ0v) is 12.8. The van der Waals surface area contributed by atoms with Gasteiger partial charge in [-0.15, -0.1) is 0 Å². The Kier molecular flexibility index (Phi) is 5.66. The van der Waals surface area contributed by atoms with Gasteiger partial charge in [-0.1, -0.05) is 13.3 Å². The van der Waals surface area contributed by atoms with Crippen LogP contribution in [0.5, 0.6) is 0 Å². The minimum absolute atomic E-state index is 0.277. The Morgan fingerprint density at radius 1 is 1.16 bits per heavy atom. The molecule has 19 heavy (non-hydrogen) atoms. The lowest BCUT2D eigenvalue weighted by Gasteiger charge is -2.21. The Labute approximate surface area is 117 Å².